The number of aliphatic hydroxyl groups is 1. The molecule has 114 valence electrons. The van der Waals surface area contributed by atoms with Crippen LogP contribution in [-0.4, -0.2) is 61.7 Å². The molecule has 4 nitrogen and oxygen atoms in total. The van der Waals surface area contributed by atoms with E-state index >= 15 is 0 Å². The van der Waals surface area contributed by atoms with Gasteiger partial charge in [-0.1, -0.05) is 0 Å². The van der Waals surface area contributed by atoms with Crippen LogP contribution in [0.1, 0.15) is 26.7 Å². The fourth-order valence-corrected chi connectivity index (χ4v) is 3.23. The van der Waals surface area contributed by atoms with Gasteiger partial charge in [0, 0.05) is 6.54 Å². The van der Waals surface area contributed by atoms with E-state index in [1.165, 1.54) is 24.3 Å². The Morgan fingerprint density at radius 3 is 2.68 bits per heavy atom. The molecule has 0 aromatic rings. The van der Waals surface area contributed by atoms with Crippen molar-refractivity contribution >= 4 is 11.8 Å². The SMILES string of the molecule is CC(C)OCCOCC(O)CNCC1CCSCC1. The van der Waals surface area contributed by atoms with E-state index in [1.54, 1.807) is 0 Å². The van der Waals surface area contributed by atoms with E-state index in [0.29, 0.717) is 26.4 Å². The highest BCUT2D eigenvalue weighted by atomic mass is 32.2. The van der Waals surface area contributed by atoms with Crippen LogP contribution in [0.2, 0.25) is 0 Å². The lowest BCUT2D eigenvalue weighted by atomic mass is 10.0. The summed E-state index contributed by atoms with van der Waals surface area (Å²) in [7, 11) is 0. The van der Waals surface area contributed by atoms with Gasteiger partial charge in [0.25, 0.3) is 0 Å². The Bertz CT molecular complexity index is 211. The molecule has 0 aromatic heterocycles. The van der Waals surface area contributed by atoms with Crippen molar-refractivity contribution in [2.24, 2.45) is 5.92 Å². The molecule has 0 amide bonds. The van der Waals surface area contributed by atoms with Gasteiger partial charge in [-0.2, -0.15) is 11.8 Å². The molecule has 0 spiro atoms. The predicted molar refractivity (Wildman–Crippen MR) is 80.8 cm³/mol. The van der Waals surface area contributed by atoms with Gasteiger partial charge in [0.05, 0.1) is 32.0 Å². The smallest absolute Gasteiger partial charge is 0.0897 e. The molecule has 0 bridgehead atoms. The van der Waals surface area contributed by atoms with E-state index in [4.69, 9.17) is 9.47 Å². The number of hydrogen-bond donors (Lipinski definition) is 2. The Hall–Kier alpha value is 0.190. The summed E-state index contributed by atoms with van der Waals surface area (Å²) >= 11 is 2.05. The van der Waals surface area contributed by atoms with E-state index in [2.05, 4.69) is 5.32 Å². The summed E-state index contributed by atoms with van der Waals surface area (Å²) in [4.78, 5) is 0. The van der Waals surface area contributed by atoms with Crippen molar-refractivity contribution in [1.82, 2.24) is 5.32 Å². The lowest BCUT2D eigenvalue weighted by molar-refractivity contribution is -0.0101. The maximum Gasteiger partial charge on any atom is 0.0897 e. The monoisotopic (exact) mass is 291 g/mol. The van der Waals surface area contributed by atoms with Gasteiger partial charge >= 0.3 is 0 Å². The van der Waals surface area contributed by atoms with Gasteiger partial charge in [-0.15, -0.1) is 0 Å². The predicted octanol–water partition coefficient (Wildman–Crippen LogP) is 1.52. The molecule has 1 saturated heterocycles. The van der Waals surface area contributed by atoms with Gasteiger partial charge in [0.2, 0.25) is 0 Å². The molecule has 0 saturated carbocycles. The van der Waals surface area contributed by atoms with E-state index in [9.17, 15) is 5.11 Å². The Balaban J connectivity index is 1.88. The Kier molecular flexibility index (Phi) is 9.91. The van der Waals surface area contributed by atoms with Crippen LogP contribution < -0.4 is 5.32 Å². The summed E-state index contributed by atoms with van der Waals surface area (Å²) in [6.45, 7) is 7.18. The standard InChI is InChI=1S/C14H29NO3S/c1-12(2)18-6-5-17-11-14(16)10-15-9-13-3-7-19-8-4-13/h12-16H,3-11H2,1-2H3. The Morgan fingerprint density at radius 1 is 1.26 bits per heavy atom. The molecule has 1 fully saturated rings. The Morgan fingerprint density at radius 2 is 2.00 bits per heavy atom. The fraction of sp³-hybridized carbons (Fsp3) is 1.00. The third-order valence-electron chi connectivity index (χ3n) is 3.14. The van der Waals surface area contributed by atoms with Crippen LogP contribution in [0.3, 0.4) is 0 Å². The number of ether oxygens (including phenoxy) is 2. The van der Waals surface area contributed by atoms with Crippen molar-refractivity contribution in [1.29, 1.82) is 0 Å². The first-order valence-corrected chi connectivity index (χ1v) is 8.50. The number of rotatable bonds is 10. The lowest BCUT2D eigenvalue weighted by Crippen LogP contribution is -2.34. The quantitative estimate of drug-likeness (QED) is 0.598. The zero-order valence-corrected chi connectivity index (χ0v) is 13.1. The second kappa shape index (κ2) is 10.9. The summed E-state index contributed by atoms with van der Waals surface area (Å²) in [5, 5.41) is 13.1. The van der Waals surface area contributed by atoms with Gasteiger partial charge in [-0.25, -0.2) is 0 Å². The molecule has 0 radical (unpaired) electrons. The minimum Gasteiger partial charge on any atom is -0.389 e. The molecule has 1 rings (SSSR count). The summed E-state index contributed by atoms with van der Waals surface area (Å²) in [5.74, 6) is 3.36. The fourth-order valence-electron chi connectivity index (χ4n) is 2.03. The van der Waals surface area contributed by atoms with E-state index in [1.807, 2.05) is 25.6 Å². The molecule has 2 N–H and O–H groups in total. The van der Waals surface area contributed by atoms with Gasteiger partial charge in [0.1, 0.15) is 0 Å². The second-order valence-electron chi connectivity index (χ2n) is 5.36. The van der Waals surface area contributed by atoms with Gasteiger partial charge < -0.3 is 19.9 Å². The molecule has 1 aliphatic rings. The lowest BCUT2D eigenvalue weighted by Gasteiger charge is -2.22. The molecule has 1 aliphatic heterocycles. The van der Waals surface area contributed by atoms with Crippen LogP contribution in [0.5, 0.6) is 0 Å². The first-order valence-electron chi connectivity index (χ1n) is 7.34. The van der Waals surface area contributed by atoms with Gasteiger partial charge in [-0.05, 0) is 50.7 Å². The zero-order chi connectivity index (χ0) is 13.9. The highest BCUT2D eigenvalue weighted by Crippen LogP contribution is 2.21. The topological polar surface area (TPSA) is 50.7 Å². The highest BCUT2D eigenvalue weighted by Gasteiger charge is 2.13. The van der Waals surface area contributed by atoms with Crippen molar-refractivity contribution < 1.29 is 14.6 Å². The van der Waals surface area contributed by atoms with Crippen LogP contribution in [0.15, 0.2) is 0 Å². The van der Waals surface area contributed by atoms with Gasteiger partial charge in [0.15, 0.2) is 0 Å². The third kappa shape index (κ3) is 9.68. The minimum atomic E-state index is -0.419. The molecule has 0 aliphatic carbocycles. The number of aliphatic hydroxyl groups excluding tert-OH is 1. The molecule has 0 aromatic carbocycles. The molecule has 5 heteroatoms. The van der Waals surface area contributed by atoms with E-state index < -0.39 is 6.10 Å². The largest absolute Gasteiger partial charge is 0.389 e. The first kappa shape index (κ1) is 17.2. The van der Waals surface area contributed by atoms with Crippen LogP contribution in [0.25, 0.3) is 0 Å². The van der Waals surface area contributed by atoms with Crippen molar-refractivity contribution in [2.45, 2.75) is 38.9 Å². The Labute approximate surface area is 121 Å². The van der Waals surface area contributed by atoms with Crippen LogP contribution in [0, 0.1) is 5.92 Å². The van der Waals surface area contributed by atoms with Gasteiger partial charge in [-0.3, -0.25) is 0 Å². The average Bonchev–Trinajstić information content (AvgIpc) is 2.39. The van der Waals surface area contributed by atoms with Crippen LogP contribution in [0.4, 0.5) is 0 Å². The highest BCUT2D eigenvalue weighted by molar-refractivity contribution is 7.99. The maximum atomic E-state index is 9.75. The second-order valence-corrected chi connectivity index (χ2v) is 6.59. The number of hydrogen-bond acceptors (Lipinski definition) is 5. The van der Waals surface area contributed by atoms with E-state index in [0.717, 1.165) is 12.5 Å². The summed E-state index contributed by atoms with van der Waals surface area (Å²) < 4.78 is 10.7. The molecule has 1 atom stereocenters. The van der Waals surface area contributed by atoms with Crippen molar-refractivity contribution in [2.75, 3.05) is 44.4 Å². The van der Waals surface area contributed by atoms with Crippen molar-refractivity contribution in [3.8, 4) is 0 Å². The number of thioether (sulfide) groups is 1. The summed E-state index contributed by atoms with van der Waals surface area (Å²) in [6.07, 6.45) is 2.43. The zero-order valence-electron chi connectivity index (χ0n) is 12.3. The summed E-state index contributed by atoms with van der Waals surface area (Å²) in [5.41, 5.74) is 0. The molecule has 19 heavy (non-hydrogen) atoms. The van der Waals surface area contributed by atoms with Crippen LogP contribution >= 0.6 is 11.8 Å². The number of nitrogens with one attached hydrogen (secondary N) is 1. The van der Waals surface area contributed by atoms with Crippen LogP contribution in [-0.2, 0) is 9.47 Å². The van der Waals surface area contributed by atoms with Crippen molar-refractivity contribution in [3.63, 3.8) is 0 Å². The average molecular weight is 291 g/mol. The molecular formula is C14H29NO3S. The normalized spacial score (nSPS) is 18.9. The molecule has 1 unspecified atom stereocenters. The third-order valence-corrected chi connectivity index (χ3v) is 4.19. The molecular weight excluding hydrogens is 262 g/mol. The maximum absolute atomic E-state index is 9.75. The first-order chi connectivity index (χ1) is 9.18. The molecule has 1 heterocycles. The summed E-state index contributed by atoms with van der Waals surface area (Å²) in [6, 6.07) is 0. The minimum absolute atomic E-state index is 0.240. The van der Waals surface area contributed by atoms with E-state index in [-0.39, 0.29) is 6.10 Å². The van der Waals surface area contributed by atoms with Crippen molar-refractivity contribution in [3.05, 3.63) is 0 Å².